The van der Waals surface area contributed by atoms with Crippen LogP contribution in [0, 0.1) is 0 Å². The van der Waals surface area contributed by atoms with Gasteiger partial charge in [-0.1, -0.05) is 0 Å². The first-order chi connectivity index (χ1) is 6.81. The molecule has 0 N–H and O–H groups in total. The number of esters is 1. The van der Waals surface area contributed by atoms with E-state index in [0.717, 1.165) is 11.4 Å². The number of ether oxygens (including phenoxy) is 1. The number of pyridine rings is 1. The molecule has 0 amide bonds. The summed E-state index contributed by atoms with van der Waals surface area (Å²) < 4.78 is 4.86. The number of aliphatic imine (C=N–C) groups is 1. The van der Waals surface area contributed by atoms with E-state index in [0.29, 0.717) is 18.7 Å². The fourth-order valence-corrected chi connectivity index (χ4v) is 1.34. The Morgan fingerprint density at radius 2 is 2.50 bits per heavy atom. The second kappa shape index (κ2) is 3.57. The van der Waals surface area contributed by atoms with Crippen molar-refractivity contribution in [3.05, 3.63) is 24.0 Å². The molecule has 2 rings (SSSR count). The molecule has 1 aromatic rings. The summed E-state index contributed by atoms with van der Waals surface area (Å²) in [6.07, 6.45) is 2.18. The molecule has 2 heterocycles. The van der Waals surface area contributed by atoms with Gasteiger partial charge in [-0.2, -0.15) is 0 Å². The minimum atomic E-state index is -0.342. The Hall–Kier alpha value is -1.71. The van der Waals surface area contributed by atoms with Crippen LogP contribution >= 0.6 is 0 Å². The van der Waals surface area contributed by atoms with Crippen LogP contribution in [0.1, 0.15) is 12.6 Å². The third-order valence-electron chi connectivity index (χ3n) is 1.97. The van der Waals surface area contributed by atoms with Crippen LogP contribution in [0.15, 0.2) is 23.3 Å². The number of rotatable bonds is 2. The predicted octanol–water partition coefficient (Wildman–Crippen LogP) is 1.27. The van der Waals surface area contributed by atoms with Crippen molar-refractivity contribution in [3.8, 4) is 0 Å². The molecular formula is C10H10N2O2. The zero-order chi connectivity index (χ0) is 9.97. The van der Waals surface area contributed by atoms with Crippen molar-refractivity contribution < 1.29 is 9.53 Å². The number of aromatic nitrogens is 1. The van der Waals surface area contributed by atoms with Crippen molar-refractivity contribution in [3.63, 3.8) is 0 Å². The minimum Gasteiger partial charge on any atom is -0.461 e. The molecule has 0 aliphatic carbocycles. The van der Waals surface area contributed by atoms with Crippen LogP contribution in [-0.4, -0.2) is 23.3 Å². The lowest BCUT2D eigenvalue weighted by molar-refractivity contribution is -0.135. The Bertz CT molecular complexity index is 399. The largest absolute Gasteiger partial charge is 0.461 e. The minimum absolute atomic E-state index is 0.342. The summed E-state index contributed by atoms with van der Waals surface area (Å²) in [5, 5.41) is 0. The number of nitrogens with zero attached hydrogens (tertiary/aromatic N) is 2. The topological polar surface area (TPSA) is 51.5 Å². The van der Waals surface area contributed by atoms with Gasteiger partial charge in [0, 0.05) is 12.6 Å². The molecular weight excluding hydrogens is 180 g/mol. The molecule has 1 aliphatic rings. The fourth-order valence-electron chi connectivity index (χ4n) is 1.34. The van der Waals surface area contributed by atoms with E-state index in [1.807, 2.05) is 6.07 Å². The number of carbonyl (C=O) groups is 1. The molecule has 0 saturated heterocycles. The van der Waals surface area contributed by atoms with Crippen LogP contribution < -0.4 is 0 Å². The van der Waals surface area contributed by atoms with Crippen LogP contribution in [0.5, 0.6) is 0 Å². The molecule has 0 radical (unpaired) electrons. The third-order valence-corrected chi connectivity index (χ3v) is 1.97. The second-order valence-electron chi connectivity index (χ2n) is 2.92. The summed E-state index contributed by atoms with van der Waals surface area (Å²) in [4.78, 5) is 19.6. The third kappa shape index (κ3) is 1.51. The van der Waals surface area contributed by atoms with Crippen LogP contribution in [0.3, 0.4) is 0 Å². The van der Waals surface area contributed by atoms with E-state index >= 15 is 0 Å². The van der Waals surface area contributed by atoms with Crippen molar-refractivity contribution in [1.82, 2.24) is 4.98 Å². The van der Waals surface area contributed by atoms with Gasteiger partial charge in [-0.3, -0.25) is 4.98 Å². The van der Waals surface area contributed by atoms with Crippen LogP contribution in [0.4, 0.5) is 5.69 Å². The van der Waals surface area contributed by atoms with Gasteiger partial charge in [0.05, 0.1) is 18.0 Å². The molecule has 0 saturated carbocycles. The Morgan fingerprint density at radius 1 is 1.64 bits per heavy atom. The van der Waals surface area contributed by atoms with Crippen molar-refractivity contribution in [2.45, 2.75) is 13.3 Å². The van der Waals surface area contributed by atoms with E-state index in [2.05, 4.69) is 9.98 Å². The van der Waals surface area contributed by atoms with Crippen LogP contribution in [0.25, 0.3) is 0 Å². The SMILES string of the molecule is CCOC(=O)C1=Nc2cccnc2C1. The smallest absolute Gasteiger partial charge is 0.353 e. The van der Waals surface area contributed by atoms with Gasteiger partial charge in [-0.05, 0) is 19.1 Å². The fraction of sp³-hybridized carbons (Fsp3) is 0.300. The van der Waals surface area contributed by atoms with E-state index in [1.54, 1.807) is 19.2 Å². The monoisotopic (exact) mass is 190 g/mol. The van der Waals surface area contributed by atoms with Gasteiger partial charge in [0.25, 0.3) is 0 Å². The molecule has 0 bridgehead atoms. The zero-order valence-corrected chi connectivity index (χ0v) is 7.86. The maximum atomic E-state index is 11.3. The summed E-state index contributed by atoms with van der Waals surface area (Å²) in [5.41, 5.74) is 2.06. The van der Waals surface area contributed by atoms with Gasteiger partial charge in [0.15, 0.2) is 0 Å². The van der Waals surface area contributed by atoms with Gasteiger partial charge in [-0.25, -0.2) is 9.79 Å². The molecule has 0 spiro atoms. The normalized spacial score (nSPS) is 13.4. The molecule has 0 aromatic carbocycles. The van der Waals surface area contributed by atoms with Gasteiger partial charge in [-0.15, -0.1) is 0 Å². The maximum Gasteiger partial charge on any atom is 0.353 e. The van der Waals surface area contributed by atoms with Gasteiger partial charge in [0.1, 0.15) is 5.71 Å². The molecule has 14 heavy (non-hydrogen) atoms. The lowest BCUT2D eigenvalue weighted by Gasteiger charge is -1.98. The lowest BCUT2D eigenvalue weighted by Crippen LogP contribution is -2.17. The summed E-state index contributed by atoms with van der Waals surface area (Å²) in [7, 11) is 0. The predicted molar refractivity (Wildman–Crippen MR) is 51.7 cm³/mol. The Kier molecular flexibility index (Phi) is 2.26. The van der Waals surface area contributed by atoms with E-state index in [4.69, 9.17) is 4.74 Å². The van der Waals surface area contributed by atoms with E-state index in [9.17, 15) is 4.79 Å². The molecule has 1 aliphatic heterocycles. The molecule has 4 nitrogen and oxygen atoms in total. The van der Waals surface area contributed by atoms with Crippen molar-refractivity contribution >= 4 is 17.4 Å². The average Bonchev–Trinajstić information content (AvgIpc) is 2.61. The lowest BCUT2D eigenvalue weighted by atomic mass is 10.2. The van der Waals surface area contributed by atoms with E-state index in [-0.39, 0.29) is 5.97 Å². The van der Waals surface area contributed by atoms with Gasteiger partial charge in [0.2, 0.25) is 0 Å². The standard InChI is InChI=1S/C10H10N2O2/c1-2-14-10(13)9-6-8-7(12-9)4-3-5-11-8/h3-5H,2,6H2,1H3. The zero-order valence-electron chi connectivity index (χ0n) is 7.86. The van der Waals surface area contributed by atoms with Gasteiger partial charge >= 0.3 is 5.97 Å². The number of hydrogen-bond donors (Lipinski definition) is 0. The summed E-state index contributed by atoms with van der Waals surface area (Å²) in [6.45, 7) is 2.15. The Balaban J connectivity index is 2.19. The summed E-state index contributed by atoms with van der Waals surface area (Å²) in [6, 6.07) is 3.64. The number of carbonyl (C=O) groups excluding carboxylic acids is 1. The summed E-state index contributed by atoms with van der Waals surface area (Å²) >= 11 is 0. The molecule has 4 heteroatoms. The molecule has 0 fully saturated rings. The van der Waals surface area contributed by atoms with Crippen molar-refractivity contribution in [2.75, 3.05) is 6.61 Å². The molecule has 72 valence electrons. The number of fused-ring (bicyclic) bond motifs is 1. The van der Waals surface area contributed by atoms with Gasteiger partial charge < -0.3 is 4.74 Å². The van der Waals surface area contributed by atoms with Crippen LogP contribution in [0.2, 0.25) is 0 Å². The van der Waals surface area contributed by atoms with E-state index < -0.39 is 0 Å². The summed E-state index contributed by atoms with van der Waals surface area (Å²) in [5.74, 6) is -0.342. The molecule has 0 atom stereocenters. The Morgan fingerprint density at radius 3 is 3.21 bits per heavy atom. The quantitative estimate of drug-likeness (QED) is 0.660. The first kappa shape index (κ1) is 8.87. The highest BCUT2D eigenvalue weighted by Gasteiger charge is 2.21. The first-order valence-corrected chi connectivity index (χ1v) is 4.50. The molecule has 1 aromatic heterocycles. The first-order valence-electron chi connectivity index (χ1n) is 4.50. The highest BCUT2D eigenvalue weighted by atomic mass is 16.5. The van der Waals surface area contributed by atoms with Crippen molar-refractivity contribution in [1.29, 1.82) is 0 Å². The van der Waals surface area contributed by atoms with Crippen LogP contribution in [-0.2, 0) is 16.0 Å². The second-order valence-corrected chi connectivity index (χ2v) is 2.92. The maximum absolute atomic E-state index is 11.3. The Labute approximate surface area is 81.6 Å². The number of hydrogen-bond acceptors (Lipinski definition) is 4. The molecule has 0 unspecified atom stereocenters. The highest BCUT2D eigenvalue weighted by molar-refractivity contribution is 6.38. The van der Waals surface area contributed by atoms with Crippen molar-refractivity contribution in [2.24, 2.45) is 4.99 Å². The average molecular weight is 190 g/mol. The van der Waals surface area contributed by atoms with E-state index in [1.165, 1.54) is 0 Å². The highest BCUT2D eigenvalue weighted by Crippen LogP contribution is 2.23.